The lowest BCUT2D eigenvalue weighted by atomic mass is 10.2. The predicted molar refractivity (Wildman–Crippen MR) is 83.7 cm³/mol. The first-order chi connectivity index (χ1) is 11.1. The number of hydrogen-bond acceptors (Lipinski definition) is 5. The zero-order chi connectivity index (χ0) is 16.4. The molecule has 0 bridgehead atoms. The highest BCUT2D eigenvalue weighted by molar-refractivity contribution is 5.89. The van der Waals surface area contributed by atoms with E-state index in [0.29, 0.717) is 11.6 Å². The molecule has 0 aliphatic rings. The quantitative estimate of drug-likeness (QED) is 0.691. The van der Waals surface area contributed by atoms with E-state index in [1.807, 2.05) is 48.0 Å². The van der Waals surface area contributed by atoms with Crippen LogP contribution in [0.1, 0.15) is 35.3 Å². The maximum absolute atomic E-state index is 12.4. The maximum Gasteiger partial charge on any atom is 0.355 e. The Morgan fingerprint density at radius 3 is 2.57 bits per heavy atom. The van der Waals surface area contributed by atoms with Gasteiger partial charge in [-0.25, -0.2) is 4.79 Å². The van der Waals surface area contributed by atoms with Gasteiger partial charge in [0, 0.05) is 19.7 Å². The molecule has 3 aromatic rings. The second-order valence-electron chi connectivity index (χ2n) is 5.24. The monoisotopic (exact) mass is 311 g/mol. The van der Waals surface area contributed by atoms with E-state index in [4.69, 9.17) is 9.15 Å². The smallest absolute Gasteiger partial charge is 0.355 e. The molecule has 0 spiro atoms. The van der Waals surface area contributed by atoms with Gasteiger partial charge in [0.2, 0.25) is 5.89 Å². The van der Waals surface area contributed by atoms with Crippen molar-refractivity contribution in [3.05, 3.63) is 59.9 Å². The molecule has 1 atom stereocenters. The van der Waals surface area contributed by atoms with E-state index in [-0.39, 0.29) is 5.89 Å². The Morgan fingerprint density at radius 1 is 1.17 bits per heavy atom. The Labute approximate surface area is 133 Å². The molecule has 0 fully saturated rings. The van der Waals surface area contributed by atoms with E-state index in [2.05, 4.69) is 10.2 Å². The van der Waals surface area contributed by atoms with Gasteiger partial charge in [0.05, 0.1) is 0 Å². The fourth-order valence-corrected chi connectivity index (χ4v) is 2.36. The number of hydrogen-bond donors (Lipinski definition) is 0. The molecule has 0 unspecified atom stereocenters. The molecule has 0 N–H and O–H groups in total. The van der Waals surface area contributed by atoms with Crippen LogP contribution in [0, 0.1) is 6.92 Å². The summed E-state index contributed by atoms with van der Waals surface area (Å²) in [5.41, 5.74) is 2.44. The number of nitrogens with zero attached hydrogens (tertiary/aromatic N) is 3. The van der Waals surface area contributed by atoms with Crippen LogP contribution in [-0.2, 0) is 11.8 Å². The van der Waals surface area contributed by atoms with Gasteiger partial charge in [-0.15, -0.1) is 10.2 Å². The second-order valence-corrected chi connectivity index (χ2v) is 5.24. The zero-order valence-electron chi connectivity index (χ0n) is 13.2. The normalized spacial score (nSPS) is 12.1. The van der Waals surface area contributed by atoms with Crippen molar-refractivity contribution in [1.82, 2.24) is 14.8 Å². The van der Waals surface area contributed by atoms with Gasteiger partial charge in [-0.1, -0.05) is 30.3 Å². The largest absolute Gasteiger partial charge is 0.448 e. The van der Waals surface area contributed by atoms with E-state index in [1.54, 1.807) is 19.9 Å². The van der Waals surface area contributed by atoms with Crippen molar-refractivity contribution in [2.45, 2.75) is 20.0 Å². The molecule has 1 aromatic carbocycles. The van der Waals surface area contributed by atoms with Gasteiger partial charge in [-0.2, -0.15) is 0 Å². The molecule has 6 heteroatoms. The van der Waals surface area contributed by atoms with Gasteiger partial charge in [0.1, 0.15) is 5.69 Å². The van der Waals surface area contributed by atoms with Crippen molar-refractivity contribution in [3.63, 3.8) is 0 Å². The molecule has 0 saturated carbocycles. The number of aryl methyl sites for hydroxylation is 1. The fourth-order valence-electron chi connectivity index (χ4n) is 2.36. The zero-order valence-corrected chi connectivity index (χ0v) is 13.2. The summed E-state index contributed by atoms with van der Waals surface area (Å²) in [6, 6.07) is 13.5. The summed E-state index contributed by atoms with van der Waals surface area (Å²) in [5.74, 6) is 0.291. The van der Waals surface area contributed by atoms with Crippen molar-refractivity contribution in [1.29, 1.82) is 0 Å². The van der Waals surface area contributed by atoms with Gasteiger partial charge in [-0.05, 0) is 24.6 Å². The Hall–Kier alpha value is -2.89. The summed E-state index contributed by atoms with van der Waals surface area (Å²) in [7, 11) is 1.83. The average Bonchev–Trinajstić information content (AvgIpc) is 3.14. The minimum absolute atomic E-state index is 0.286. The summed E-state index contributed by atoms with van der Waals surface area (Å²) >= 11 is 0. The topological polar surface area (TPSA) is 70.2 Å². The van der Waals surface area contributed by atoms with Crippen molar-refractivity contribution >= 4 is 5.97 Å². The summed E-state index contributed by atoms with van der Waals surface area (Å²) in [5, 5.41) is 7.60. The Kier molecular flexibility index (Phi) is 3.97. The van der Waals surface area contributed by atoms with E-state index < -0.39 is 12.1 Å². The van der Waals surface area contributed by atoms with Gasteiger partial charge >= 0.3 is 5.97 Å². The van der Waals surface area contributed by atoms with Crippen LogP contribution in [0.25, 0.3) is 11.3 Å². The molecule has 0 radical (unpaired) electrons. The van der Waals surface area contributed by atoms with E-state index in [0.717, 1.165) is 11.3 Å². The van der Waals surface area contributed by atoms with E-state index in [1.165, 1.54) is 0 Å². The SMILES string of the molecule is Cc1nnc([C@H](C)OC(=O)c2ccc(-c3ccccc3)n2C)o1. The van der Waals surface area contributed by atoms with Crippen LogP contribution in [0.3, 0.4) is 0 Å². The van der Waals surface area contributed by atoms with Gasteiger partial charge < -0.3 is 13.7 Å². The maximum atomic E-state index is 12.4. The third-order valence-corrected chi connectivity index (χ3v) is 3.57. The molecule has 23 heavy (non-hydrogen) atoms. The molecule has 0 aliphatic carbocycles. The molecule has 2 aromatic heterocycles. The number of carbonyl (C=O) groups is 1. The lowest BCUT2D eigenvalue weighted by molar-refractivity contribution is 0.0266. The molecule has 6 nitrogen and oxygen atoms in total. The van der Waals surface area contributed by atoms with Crippen LogP contribution in [0.2, 0.25) is 0 Å². The molecule has 118 valence electrons. The average molecular weight is 311 g/mol. The van der Waals surface area contributed by atoms with E-state index >= 15 is 0 Å². The Morgan fingerprint density at radius 2 is 1.91 bits per heavy atom. The minimum Gasteiger partial charge on any atom is -0.448 e. The Balaban J connectivity index is 1.79. The predicted octanol–water partition coefficient (Wildman–Crippen LogP) is 3.30. The van der Waals surface area contributed by atoms with Crippen LogP contribution in [-0.4, -0.2) is 20.7 Å². The van der Waals surface area contributed by atoms with Crippen LogP contribution >= 0.6 is 0 Å². The standard InChI is InChI=1S/C17H17N3O3/c1-11(16-19-18-12(2)23-16)22-17(21)15-10-9-14(20(15)3)13-7-5-4-6-8-13/h4-11H,1-3H3/t11-/m0/s1. The highest BCUT2D eigenvalue weighted by atomic mass is 16.6. The van der Waals surface area contributed by atoms with Crippen molar-refractivity contribution in [3.8, 4) is 11.3 Å². The third-order valence-electron chi connectivity index (χ3n) is 3.57. The van der Waals surface area contributed by atoms with E-state index in [9.17, 15) is 4.79 Å². The molecular weight excluding hydrogens is 294 g/mol. The number of benzene rings is 1. The fraction of sp³-hybridized carbons (Fsp3) is 0.235. The van der Waals surface area contributed by atoms with Gasteiger partial charge in [0.15, 0.2) is 6.10 Å². The van der Waals surface area contributed by atoms with Crippen LogP contribution in [0.5, 0.6) is 0 Å². The first kappa shape index (κ1) is 15.0. The second kappa shape index (κ2) is 6.08. The molecule has 2 heterocycles. The summed E-state index contributed by atoms with van der Waals surface area (Å²) in [6.07, 6.45) is -0.598. The summed E-state index contributed by atoms with van der Waals surface area (Å²) in [4.78, 5) is 12.4. The lowest BCUT2D eigenvalue weighted by Gasteiger charge is -2.11. The summed E-state index contributed by atoms with van der Waals surface area (Å²) in [6.45, 7) is 3.39. The number of carbonyl (C=O) groups excluding carboxylic acids is 1. The highest BCUT2D eigenvalue weighted by Gasteiger charge is 2.21. The van der Waals surface area contributed by atoms with Crippen molar-refractivity contribution in [2.75, 3.05) is 0 Å². The molecular formula is C17H17N3O3. The summed E-state index contributed by atoms with van der Waals surface area (Å²) < 4.78 is 12.5. The van der Waals surface area contributed by atoms with Gasteiger partial charge in [0.25, 0.3) is 5.89 Å². The first-order valence-corrected chi connectivity index (χ1v) is 7.28. The van der Waals surface area contributed by atoms with Crippen molar-refractivity contribution in [2.24, 2.45) is 7.05 Å². The highest BCUT2D eigenvalue weighted by Crippen LogP contribution is 2.23. The molecule has 0 aliphatic heterocycles. The lowest BCUT2D eigenvalue weighted by Crippen LogP contribution is -2.13. The van der Waals surface area contributed by atoms with Crippen molar-refractivity contribution < 1.29 is 13.9 Å². The number of esters is 1. The number of rotatable bonds is 4. The number of ether oxygens (including phenoxy) is 1. The minimum atomic E-state index is -0.598. The van der Waals surface area contributed by atoms with Crippen LogP contribution in [0.15, 0.2) is 46.9 Å². The molecule has 0 saturated heterocycles. The number of aromatic nitrogens is 3. The first-order valence-electron chi connectivity index (χ1n) is 7.28. The van der Waals surface area contributed by atoms with Gasteiger partial charge in [-0.3, -0.25) is 0 Å². The van der Waals surface area contributed by atoms with Crippen LogP contribution in [0.4, 0.5) is 0 Å². The molecule has 0 amide bonds. The third kappa shape index (κ3) is 3.01. The Bertz CT molecular complexity index is 821. The van der Waals surface area contributed by atoms with Crippen LogP contribution < -0.4 is 0 Å². The molecule has 3 rings (SSSR count).